The van der Waals surface area contributed by atoms with Crippen molar-refractivity contribution in [3.05, 3.63) is 18.2 Å². The molecule has 3 rings (SSSR count). The lowest BCUT2D eigenvalue weighted by atomic mass is 9.88. The number of rotatable bonds is 3. The molecule has 2 heterocycles. The molecule has 1 saturated carbocycles. The highest BCUT2D eigenvalue weighted by Gasteiger charge is 2.33. The van der Waals surface area contributed by atoms with Crippen molar-refractivity contribution >= 4 is 0 Å². The predicted molar refractivity (Wildman–Crippen MR) is 56.5 cm³/mol. The molecule has 0 spiro atoms. The SMILES string of the molecule is COC1CC(NC2CCn3ccnc32)C1. The average molecular weight is 207 g/mol. The first-order chi connectivity index (χ1) is 7.36. The quantitative estimate of drug-likeness (QED) is 0.806. The summed E-state index contributed by atoms with van der Waals surface area (Å²) in [5.41, 5.74) is 0. The van der Waals surface area contributed by atoms with Crippen LogP contribution in [-0.2, 0) is 11.3 Å². The number of ether oxygens (including phenoxy) is 1. The molecule has 0 saturated heterocycles. The van der Waals surface area contributed by atoms with Gasteiger partial charge in [0.15, 0.2) is 0 Å². The van der Waals surface area contributed by atoms with E-state index in [9.17, 15) is 0 Å². The molecule has 1 N–H and O–H groups in total. The number of aryl methyl sites for hydroxylation is 1. The van der Waals surface area contributed by atoms with Gasteiger partial charge in [-0.15, -0.1) is 0 Å². The average Bonchev–Trinajstić information content (AvgIpc) is 2.73. The van der Waals surface area contributed by atoms with Gasteiger partial charge < -0.3 is 14.6 Å². The van der Waals surface area contributed by atoms with E-state index in [4.69, 9.17) is 4.74 Å². The van der Waals surface area contributed by atoms with Crippen LogP contribution in [0.25, 0.3) is 0 Å². The van der Waals surface area contributed by atoms with Crippen LogP contribution in [0.2, 0.25) is 0 Å². The number of hydrogen-bond acceptors (Lipinski definition) is 3. The highest BCUT2D eigenvalue weighted by molar-refractivity contribution is 5.06. The molecule has 1 aliphatic carbocycles. The molecule has 82 valence electrons. The molecule has 1 aliphatic heterocycles. The van der Waals surface area contributed by atoms with Gasteiger partial charge in [0.05, 0.1) is 12.1 Å². The predicted octanol–water partition coefficient (Wildman–Crippen LogP) is 1.09. The van der Waals surface area contributed by atoms with E-state index in [0.717, 1.165) is 19.4 Å². The van der Waals surface area contributed by atoms with E-state index < -0.39 is 0 Å². The lowest BCUT2D eigenvalue weighted by Gasteiger charge is -2.36. The molecule has 1 aromatic heterocycles. The molecule has 1 aromatic rings. The van der Waals surface area contributed by atoms with Crippen molar-refractivity contribution in [2.75, 3.05) is 7.11 Å². The molecule has 0 bridgehead atoms. The van der Waals surface area contributed by atoms with Gasteiger partial charge in [0.2, 0.25) is 0 Å². The number of aromatic nitrogens is 2. The maximum absolute atomic E-state index is 5.27. The minimum absolute atomic E-state index is 0.461. The van der Waals surface area contributed by atoms with Gasteiger partial charge in [0, 0.05) is 32.1 Å². The van der Waals surface area contributed by atoms with Crippen LogP contribution in [-0.4, -0.2) is 28.8 Å². The van der Waals surface area contributed by atoms with Crippen LogP contribution in [0.15, 0.2) is 12.4 Å². The number of imidazole rings is 1. The fraction of sp³-hybridized carbons (Fsp3) is 0.727. The maximum Gasteiger partial charge on any atom is 0.125 e. The van der Waals surface area contributed by atoms with Crippen molar-refractivity contribution in [1.29, 1.82) is 0 Å². The summed E-state index contributed by atoms with van der Waals surface area (Å²) in [7, 11) is 1.79. The van der Waals surface area contributed by atoms with Crippen LogP contribution in [0.5, 0.6) is 0 Å². The Morgan fingerprint density at radius 1 is 1.53 bits per heavy atom. The summed E-state index contributed by atoms with van der Waals surface area (Å²) in [6.45, 7) is 1.10. The Balaban J connectivity index is 1.58. The van der Waals surface area contributed by atoms with Gasteiger partial charge in [-0.05, 0) is 19.3 Å². The summed E-state index contributed by atoms with van der Waals surface area (Å²) in [6, 6.07) is 1.09. The lowest BCUT2D eigenvalue weighted by molar-refractivity contribution is 0.0140. The van der Waals surface area contributed by atoms with Gasteiger partial charge in [-0.1, -0.05) is 0 Å². The molecule has 1 fully saturated rings. The van der Waals surface area contributed by atoms with E-state index in [0.29, 0.717) is 18.2 Å². The highest BCUT2D eigenvalue weighted by Crippen LogP contribution is 2.29. The van der Waals surface area contributed by atoms with Crippen LogP contribution in [0.4, 0.5) is 0 Å². The molecule has 2 aliphatic rings. The molecule has 0 amide bonds. The zero-order valence-electron chi connectivity index (χ0n) is 9.02. The van der Waals surface area contributed by atoms with Crippen molar-refractivity contribution in [1.82, 2.24) is 14.9 Å². The van der Waals surface area contributed by atoms with Crippen molar-refractivity contribution in [2.24, 2.45) is 0 Å². The summed E-state index contributed by atoms with van der Waals surface area (Å²) in [5.74, 6) is 1.20. The van der Waals surface area contributed by atoms with Gasteiger partial charge >= 0.3 is 0 Å². The minimum atomic E-state index is 0.461. The number of nitrogens with one attached hydrogen (secondary N) is 1. The molecule has 15 heavy (non-hydrogen) atoms. The van der Waals surface area contributed by atoms with Crippen molar-refractivity contribution < 1.29 is 4.74 Å². The molecule has 0 aromatic carbocycles. The van der Waals surface area contributed by atoms with Crippen LogP contribution in [0.3, 0.4) is 0 Å². The molecule has 1 atom stereocenters. The summed E-state index contributed by atoms with van der Waals surface area (Å²) in [4.78, 5) is 4.40. The van der Waals surface area contributed by atoms with Gasteiger partial charge in [-0.25, -0.2) is 4.98 Å². The smallest absolute Gasteiger partial charge is 0.125 e. The zero-order chi connectivity index (χ0) is 10.3. The normalized spacial score (nSPS) is 33.8. The topological polar surface area (TPSA) is 39.1 Å². The first-order valence-electron chi connectivity index (χ1n) is 5.66. The van der Waals surface area contributed by atoms with Crippen LogP contribution in [0.1, 0.15) is 31.1 Å². The fourth-order valence-corrected chi connectivity index (χ4v) is 2.55. The highest BCUT2D eigenvalue weighted by atomic mass is 16.5. The third-order valence-electron chi connectivity index (χ3n) is 3.58. The summed E-state index contributed by atoms with van der Waals surface area (Å²) in [5, 5.41) is 3.66. The first kappa shape index (κ1) is 9.36. The number of methoxy groups -OCH3 is 1. The Hall–Kier alpha value is -0.870. The fourth-order valence-electron chi connectivity index (χ4n) is 2.55. The molecular weight excluding hydrogens is 190 g/mol. The standard InChI is InChI=1S/C11H17N3O/c1-15-9-6-8(7-9)13-10-2-4-14-5-3-12-11(10)14/h3,5,8-10,13H,2,4,6-7H2,1H3. The monoisotopic (exact) mass is 207 g/mol. The van der Waals surface area contributed by atoms with E-state index >= 15 is 0 Å². The van der Waals surface area contributed by atoms with E-state index in [2.05, 4.69) is 21.1 Å². The minimum Gasteiger partial charge on any atom is -0.381 e. The summed E-state index contributed by atoms with van der Waals surface area (Å²) < 4.78 is 7.51. The zero-order valence-corrected chi connectivity index (χ0v) is 9.02. The molecule has 1 unspecified atom stereocenters. The Labute approximate surface area is 89.6 Å². The maximum atomic E-state index is 5.27. The van der Waals surface area contributed by atoms with Crippen molar-refractivity contribution in [2.45, 2.75) is 44.0 Å². The second-order valence-electron chi connectivity index (χ2n) is 4.51. The van der Waals surface area contributed by atoms with Crippen molar-refractivity contribution in [3.8, 4) is 0 Å². The largest absolute Gasteiger partial charge is 0.381 e. The Morgan fingerprint density at radius 2 is 2.40 bits per heavy atom. The Kier molecular flexibility index (Phi) is 2.25. The molecule has 4 heteroatoms. The Bertz CT molecular complexity index is 343. The molecular formula is C11H17N3O. The van der Waals surface area contributed by atoms with Gasteiger partial charge in [0.25, 0.3) is 0 Å². The van der Waals surface area contributed by atoms with E-state index in [1.54, 1.807) is 7.11 Å². The third-order valence-corrected chi connectivity index (χ3v) is 3.58. The number of fused-ring (bicyclic) bond motifs is 1. The Morgan fingerprint density at radius 3 is 3.20 bits per heavy atom. The van der Waals surface area contributed by atoms with Gasteiger partial charge in [-0.2, -0.15) is 0 Å². The van der Waals surface area contributed by atoms with Gasteiger partial charge in [-0.3, -0.25) is 0 Å². The second-order valence-corrected chi connectivity index (χ2v) is 4.51. The van der Waals surface area contributed by atoms with Crippen LogP contribution < -0.4 is 5.32 Å². The van der Waals surface area contributed by atoms with Crippen LogP contribution in [0, 0.1) is 0 Å². The number of hydrogen-bond donors (Lipinski definition) is 1. The second kappa shape index (κ2) is 3.61. The molecule has 0 radical (unpaired) electrons. The number of nitrogens with zero attached hydrogens (tertiary/aromatic N) is 2. The summed E-state index contributed by atoms with van der Waals surface area (Å²) >= 11 is 0. The third kappa shape index (κ3) is 1.58. The van der Waals surface area contributed by atoms with Gasteiger partial charge in [0.1, 0.15) is 5.82 Å². The molecule has 4 nitrogen and oxygen atoms in total. The van der Waals surface area contributed by atoms with E-state index in [1.165, 1.54) is 12.2 Å². The lowest BCUT2D eigenvalue weighted by Crippen LogP contribution is -2.46. The van der Waals surface area contributed by atoms with Crippen molar-refractivity contribution in [3.63, 3.8) is 0 Å². The first-order valence-corrected chi connectivity index (χ1v) is 5.66. The van der Waals surface area contributed by atoms with E-state index in [-0.39, 0.29) is 0 Å². The van der Waals surface area contributed by atoms with Crippen LogP contribution >= 0.6 is 0 Å². The summed E-state index contributed by atoms with van der Waals surface area (Å²) in [6.07, 6.45) is 7.90. The van der Waals surface area contributed by atoms with E-state index in [1.807, 2.05) is 6.20 Å².